The quantitative estimate of drug-likeness (QED) is 0.272. The molecule has 4 aromatic rings. The zero-order valence-corrected chi connectivity index (χ0v) is 17.5. The number of hydrogen-bond acceptors (Lipinski definition) is 4. The van der Waals surface area contributed by atoms with Gasteiger partial charge >= 0.3 is 5.82 Å². The molecule has 0 bridgehead atoms. The van der Waals surface area contributed by atoms with Gasteiger partial charge in [-0.05, 0) is 35.3 Å². The van der Waals surface area contributed by atoms with Gasteiger partial charge in [-0.2, -0.15) is 9.78 Å². The molecule has 2 aromatic carbocycles. The molecular formula is C19H13Br2N5O2. The maximum absolute atomic E-state index is 10.9. The normalized spacial score (nSPS) is 10.9. The zero-order chi connectivity index (χ0) is 19.7. The van der Waals surface area contributed by atoms with Crippen molar-refractivity contribution in [3.05, 3.63) is 85.9 Å². The number of nitro groups is 1. The summed E-state index contributed by atoms with van der Waals surface area (Å²) in [4.78, 5) is 10.4. The number of nitrogens with zero attached hydrogens (tertiary/aromatic N) is 5. The summed E-state index contributed by atoms with van der Waals surface area (Å²) in [5.74, 6) is -0.191. The summed E-state index contributed by atoms with van der Waals surface area (Å²) >= 11 is 6.99. The average molecular weight is 503 g/mol. The standard InChI is InChI=1S/C19H13Br2N5O2/c20-15-5-1-3-13(9-15)17-11-18(14-4-2-6-16(21)10-14)25(22-17)12-24-8-7-19(23-24)26(27)28/h1-11H,12H2. The minimum absolute atomic E-state index is 0.191. The second-order valence-corrected chi connectivity index (χ2v) is 7.88. The van der Waals surface area contributed by atoms with Gasteiger partial charge in [-0.25, -0.2) is 4.68 Å². The molecule has 0 unspecified atom stereocenters. The first kappa shape index (κ1) is 18.6. The van der Waals surface area contributed by atoms with Crippen molar-refractivity contribution >= 4 is 37.7 Å². The Balaban J connectivity index is 1.79. The highest BCUT2D eigenvalue weighted by Crippen LogP contribution is 2.29. The largest absolute Gasteiger partial charge is 0.389 e. The second kappa shape index (κ2) is 7.69. The Morgan fingerprint density at radius 2 is 1.61 bits per heavy atom. The van der Waals surface area contributed by atoms with E-state index in [1.807, 2.05) is 54.6 Å². The predicted molar refractivity (Wildman–Crippen MR) is 113 cm³/mol. The molecule has 2 heterocycles. The van der Waals surface area contributed by atoms with Crippen molar-refractivity contribution in [2.45, 2.75) is 6.67 Å². The van der Waals surface area contributed by atoms with Crippen LogP contribution in [0.25, 0.3) is 22.5 Å². The van der Waals surface area contributed by atoms with E-state index < -0.39 is 4.92 Å². The summed E-state index contributed by atoms with van der Waals surface area (Å²) in [6.45, 7) is 0.254. The highest BCUT2D eigenvalue weighted by atomic mass is 79.9. The van der Waals surface area contributed by atoms with Crippen LogP contribution in [0.5, 0.6) is 0 Å². The van der Waals surface area contributed by atoms with Crippen molar-refractivity contribution in [3.63, 3.8) is 0 Å². The van der Waals surface area contributed by atoms with Gasteiger partial charge in [-0.1, -0.05) is 56.1 Å². The SMILES string of the molecule is O=[N+]([O-])c1ccn(Cn2nc(-c3cccc(Br)c3)cc2-c2cccc(Br)c2)n1. The minimum atomic E-state index is -0.512. The first-order valence-corrected chi connectivity index (χ1v) is 9.86. The molecule has 0 atom stereocenters. The third-order valence-electron chi connectivity index (χ3n) is 4.11. The third kappa shape index (κ3) is 3.90. The number of rotatable bonds is 5. The summed E-state index contributed by atoms with van der Waals surface area (Å²) in [6.07, 6.45) is 1.57. The molecule has 7 nitrogen and oxygen atoms in total. The molecule has 0 aliphatic carbocycles. The van der Waals surface area contributed by atoms with Gasteiger partial charge in [-0.3, -0.25) is 0 Å². The van der Waals surface area contributed by atoms with Gasteiger partial charge in [0.2, 0.25) is 0 Å². The Morgan fingerprint density at radius 3 is 2.25 bits per heavy atom. The van der Waals surface area contributed by atoms with Crippen molar-refractivity contribution in [1.29, 1.82) is 0 Å². The van der Waals surface area contributed by atoms with E-state index >= 15 is 0 Å². The molecule has 0 N–H and O–H groups in total. The van der Waals surface area contributed by atoms with E-state index in [4.69, 9.17) is 5.10 Å². The van der Waals surface area contributed by atoms with Crippen LogP contribution in [0.1, 0.15) is 0 Å². The Bertz CT molecular complexity index is 1170. The average Bonchev–Trinajstić information content (AvgIpc) is 3.29. The van der Waals surface area contributed by atoms with E-state index in [2.05, 4.69) is 37.0 Å². The predicted octanol–water partition coefficient (Wildman–Crippen LogP) is 5.35. The fraction of sp³-hybridized carbons (Fsp3) is 0.0526. The lowest BCUT2D eigenvalue weighted by atomic mass is 10.1. The van der Waals surface area contributed by atoms with Crippen LogP contribution in [-0.2, 0) is 6.67 Å². The first-order chi connectivity index (χ1) is 13.5. The van der Waals surface area contributed by atoms with Crippen molar-refractivity contribution < 1.29 is 4.92 Å². The summed E-state index contributed by atoms with van der Waals surface area (Å²) < 4.78 is 5.20. The minimum Gasteiger partial charge on any atom is -0.358 e. The van der Waals surface area contributed by atoms with E-state index in [0.717, 1.165) is 31.5 Å². The lowest BCUT2D eigenvalue weighted by Crippen LogP contribution is -2.11. The molecule has 0 aliphatic rings. The zero-order valence-electron chi connectivity index (χ0n) is 14.4. The number of hydrogen-bond donors (Lipinski definition) is 0. The van der Waals surface area contributed by atoms with Crippen molar-refractivity contribution in [1.82, 2.24) is 19.6 Å². The van der Waals surface area contributed by atoms with Crippen LogP contribution in [0.15, 0.2) is 75.8 Å². The third-order valence-corrected chi connectivity index (χ3v) is 5.10. The summed E-state index contributed by atoms with van der Waals surface area (Å²) in [5.41, 5.74) is 3.63. The summed E-state index contributed by atoms with van der Waals surface area (Å²) in [6, 6.07) is 19.2. The van der Waals surface area contributed by atoms with Gasteiger partial charge in [0, 0.05) is 20.1 Å². The molecule has 0 saturated carbocycles. The Labute approximate surface area is 177 Å². The van der Waals surface area contributed by atoms with Gasteiger partial charge in [-0.15, -0.1) is 0 Å². The molecular weight excluding hydrogens is 490 g/mol. The lowest BCUT2D eigenvalue weighted by Gasteiger charge is -2.06. The molecule has 4 rings (SSSR count). The van der Waals surface area contributed by atoms with Gasteiger partial charge in [0.15, 0.2) is 6.67 Å². The highest BCUT2D eigenvalue weighted by molar-refractivity contribution is 9.10. The number of halogens is 2. The van der Waals surface area contributed by atoms with Gasteiger partial charge in [0.25, 0.3) is 0 Å². The van der Waals surface area contributed by atoms with Gasteiger partial charge < -0.3 is 10.1 Å². The molecule has 0 saturated heterocycles. The number of benzene rings is 2. The van der Waals surface area contributed by atoms with Crippen molar-refractivity contribution in [2.24, 2.45) is 0 Å². The van der Waals surface area contributed by atoms with E-state index in [9.17, 15) is 10.1 Å². The molecule has 0 radical (unpaired) electrons. The van der Waals surface area contributed by atoms with E-state index in [-0.39, 0.29) is 12.5 Å². The van der Waals surface area contributed by atoms with Crippen LogP contribution in [0.3, 0.4) is 0 Å². The van der Waals surface area contributed by atoms with Gasteiger partial charge in [0.1, 0.15) is 0 Å². The van der Waals surface area contributed by atoms with Crippen molar-refractivity contribution in [3.8, 4) is 22.5 Å². The molecule has 140 valence electrons. The first-order valence-electron chi connectivity index (χ1n) is 8.27. The Kier molecular flexibility index (Phi) is 5.10. The van der Waals surface area contributed by atoms with Crippen LogP contribution in [0.2, 0.25) is 0 Å². The van der Waals surface area contributed by atoms with Crippen molar-refractivity contribution in [2.75, 3.05) is 0 Å². The van der Waals surface area contributed by atoms with E-state index in [0.29, 0.717) is 0 Å². The highest BCUT2D eigenvalue weighted by Gasteiger charge is 2.16. The fourth-order valence-corrected chi connectivity index (χ4v) is 3.66. The monoisotopic (exact) mass is 501 g/mol. The molecule has 0 amide bonds. The Morgan fingerprint density at radius 1 is 0.929 bits per heavy atom. The van der Waals surface area contributed by atoms with Crippen LogP contribution in [0.4, 0.5) is 5.82 Å². The Hall–Kier alpha value is -2.78. The second-order valence-electron chi connectivity index (χ2n) is 6.05. The van der Waals surface area contributed by atoms with Crippen LogP contribution >= 0.6 is 31.9 Å². The molecule has 9 heteroatoms. The maximum atomic E-state index is 10.9. The molecule has 2 aromatic heterocycles. The van der Waals surface area contributed by atoms with Crippen LogP contribution in [0, 0.1) is 10.1 Å². The lowest BCUT2D eigenvalue weighted by molar-refractivity contribution is -0.389. The molecule has 0 spiro atoms. The van der Waals surface area contributed by atoms with E-state index in [1.54, 1.807) is 10.9 Å². The summed E-state index contributed by atoms with van der Waals surface area (Å²) in [5, 5.41) is 19.6. The fourth-order valence-electron chi connectivity index (χ4n) is 2.86. The topological polar surface area (TPSA) is 78.8 Å². The molecule has 0 fully saturated rings. The molecule has 0 aliphatic heterocycles. The smallest absolute Gasteiger partial charge is 0.358 e. The maximum Gasteiger partial charge on any atom is 0.389 e. The number of aromatic nitrogens is 4. The summed E-state index contributed by atoms with van der Waals surface area (Å²) in [7, 11) is 0. The van der Waals surface area contributed by atoms with Crippen LogP contribution in [-0.4, -0.2) is 24.5 Å². The van der Waals surface area contributed by atoms with Crippen LogP contribution < -0.4 is 0 Å². The van der Waals surface area contributed by atoms with E-state index in [1.165, 1.54) is 10.7 Å². The van der Waals surface area contributed by atoms with Gasteiger partial charge in [0.05, 0.1) is 28.7 Å². The molecule has 28 heavy (non-hydrogen) atoms.